The molecule has 0 spiro atoms. The molecule has 1 fully saturated rings. The molecule has 1 N–H and O–H groups in total. The van der Waals surface area contributed by atoms with Crippen molar-refractivity contribution in [3.05, 3.63) is 29.8 Å². The Morgan fingerprint density at radius 2 is 1.95 bits per heavy atom. The van der Waals surface area contributed by atoms with Gasteiger partial charge in [0.1, 0.15) is 5.75 Å². The zero-order chi connectivity index (χ0) is 13.7. The number of hydrogen-bond acceptors (Lipinski definition) is 3. The highest BCUT2D eigenvalue weighted by atomic mass is 16.5. The van der Waals surface area contributed by atoms with E-state index in [4.69, 9.17) is 4.74 Å². The maximum Gasteiger partial charge on any atom is 0.216 e. The quantitative estimate of drug-likeness (QED) is 0.882. The van der Waals surface area contributed by atoms with E-state index in [1.165, 1.54) is 18.4 Å². The molecule has 1 saturated heterocycles. The van der Waals surface area contributed by atoms with Crippen molar-refractivity contribution in [2.45, 2.75) is 25.8 Å². The van der Waals surface area contributed by atoms with Crippen molar-refractivity contribution < 1.29 is 9.53 Å². The van der Waals surface area contributed by atoms with Crippen molar-refractivity contribution in [3.63, 3.8) is 0 Å². The van der Waals surface area contributed by atoms with Crippen LogP contribution in [-0.4, -0.2) is 37.6 Å². The number of amides is 1. The summed E-state index contributed by atoms with van der Waals surface area (Å²) in [4.78, 5) is 13.6. The summed E-state index contributed by atoms with van der Waals surface area (Å²) in [5.41, 5.74) is 1.23. The lowest BCUT2D eigenvalue weighted by atomic mass is 10.1. The molecular weight excluding hydrogens is 240 g/mol. The zero-order valence-corrected chi connectivity index (χ0v) is 11.7. The Hall–Kier alpha value is -1.55. The monoisotopic (exact) mass is 262 g/mol. The van der Waals surface area contributed by atoms with Crippen molar-refractivity contribution in [2.75, 3.05) is 26.7 Å². The van der Waals surface area contributed by atoms with Crippen LogP contribution in [-0.2, 0) is 4.79 Å². The van der Waals surface area contributed by atoms with E-state index in [9.17, 15) is 4.79 Å². The van der Waals surface area contributed by atoms with Crippen molar-refractivity contribution in [2.24, 2.45) is 0 Å². The number of carbonyl (C=O) groups excluding carboxylic acids is 1. The minimum absolute atomic E-state index is 0.0257. The molecule has 104 valence electrons. The summed E-state index contributed by atoms with van der Waals surface area (Å²) in [6.45, 7) is 4.45. The van der Waals surface area contributed by atoms with Gasteiger partial charge in [-0.05, 0) is 43.6 Å². The van der Waals surface area contributed by atoms with Crippen LogP contribution in [0.1, 0.15) is 31.4 Å². The first kappa shape index (κ1) is 13.9. The highest BCUT2D eigenvalue weighted by Gasteiger charge is 2.23. The minimum atomic E-state index is 0.0257. The Morgan fingerprint density at radius 1 is 1.32 bits per heavy atom. The van der Waals surface area contributed by atoms with Crippen molar-refractivity contribution in [1.29, 1.82) is 0 Å². The van der Waals surface area contributed by atoms with E-state index >= 15 is 0 Å². The van der Waals surface area contributed by atoms with Crippen LogP contribution in [0, 0.1) is 0 Å². The summed E-state index contributed by atoms with van der Waals surface area (Å²) in [7, 11) is 1.67. The molecule has 1 aliphatic rings. The zero-order valence-electron chi connectivity index (χ0n) is 11.7. The number of carbonyl (C=O) groups is 1. The lowest BCUT2D eigenvalue weighted by Crippen LogP contribution is -2.35. The topological polar surface area (TPSA) is 41.6 Å². The molecular formula is C15H22N2O2. The largest absolute Gasteiger partial charge is 0.497 e. The fraction of sp³-hybridized carbons (Fsp3) is 0.533. The SMILES string of the molecule is COc1ccc(C(CNC(C)=O)N2CCCC2)cc1. The van der Waals surface area contributed by atoms with E-state index in [2.05, 4.69) is 22.3 Å². The average Bonchev–Trinajstić information content (AvgIpc) is 2.93. The van der Waals surface area contributed by atoms with E-state index in [1.807, 2.05) is 12.1 Å². The van der Waals surface area contributed by atoms with Gasteiger partial charge >= 0.3 is 0 Å². The molecule has 0 saturated carbocycles. The number of methoxy groups -OCH3 is 1. The number of hydrogen-bond donors (Lipinski definition) is 1. The third-order valence-corrected chi connectivity index (χ3v) is 3.63. The predicted octanol–water partition coefficient (Wildman–Crippen LogP) is 1.97. The summed E-state index contributed by atoms with van der Waals surface area (Å²) in [6.07, 6.45) is 2.49. The normalized spacial score (nSPS) is 17.2. The second kappa shape index (κ2) is 6.57. The first-order valence-electron chi connectivity index (χ1n) is 6.83. The van der Waals surface area contributed by atoms with Crippen LogP contribution >= 0.6 is 0 Å². The number of nitrogens with zero attached hydrogens (tertiary/aromatic N) is 1. The second-order valence-electron chi connectivity index (χ2n) is 4.97. The Labute approximate surface area is 114 Å². The molecule has 0 bridgehead atoms. The van der Waals surface area contributed by atoms with Gasteiger partial charge in [0.25, 0.3) is 0 Å². The standard InChI is InChI=1S/C15H22N2O2/c1-12(18)16-11-15(17-9-3-4-10-17)13-5-7-14(19-2)8-6-13/h5-8,15H,3-4,9-11H2,1-2H3,(H,16,18). The molecule has 4 heteroatoms. The molecule has 1 atom stereocenters. The molecule has 0 aliphatic carbocycles. The van der Waals surface area contributed by atoms with Crippen molar-refractivity contribution in [3.8, 4) is 5.75 Å². The van der Waals surface area contributed by atoms with Crippen LogP contribution in [0.4, 0.5) is 0 Å². The molecule has 1 unspecified atom stereocenters. The lowest BCUT2D eigenvalue weighted by molar-refractivity contribution is -0.119. The first-order valence-corrected chi connectivity index (χ1v) is 6.83. The molecule has 1 aliphatic heterocycles. The van der Waals surface area contributed by atoms with Gasteiger partial charge in [0.2, 0.25) is 5.91 Å². The maximum absolute atomic E-state index is 11.1. The molecule has 4 nitrogen and oxygen atoms in total. The predicted molar refractivity (Wildman–Crippen MR) is 75.2 cm³/mol. The third kappa shape index (κ3) is 3.70. The third-order valence-electron chi connectivity index (χ3n) is 3.63. The number of benzene rings is 1. The molecule has 1 amide bonds. The van der Waals surface area contributed by atoms with Crippen LogP contribution in [0.25, 0.3) is 0 Å². The van der Waals surface area contributed by atoms with E-state index in [0.717, 1.165) is 18.8 Å². The number of ether oxygens (including phenoxy) is 1. The van der Waals surface area contributed by atoms with Gasteiger partial charge in [-0.1, -0.05) is 12.1 Å². The van der Waals surface area contributed by atoms with Gasteiger partial charge in [0.05, 0.1) is 13.2 Å². The molecule has 2 rings (SSSR count). The minimum Gasteiger partial charge on any atom is -0.497 e. The van der Waals surface area contributed by atoms with Gasteiger partial charge < -0.3 is 10.1 Å². The fourth-order valence-electron chi connectivity index (χ4n) is 2.58. The highest BCUT2D eigenvalue weighted by Crippen LogP contribution is 2.26. The molecule has 19 heavy (non-hydrogen) atoms. The van der Waals surface area contributed by atoms with Gasteiger partial charge in [-0.25, -0.2) is 0 Å². The van der Waals surface area contributed by atoms with E-state index < -0.39 is 0 Å². The number of likely N-dealkylation sites (tertiary alicyclic amines) is 1. The van der Waals surface area contributed by atoms with Crippen LogP contribution in [0.3, 0.4) is 0 Å². The van der Waals surface area contributed by atoms with Gasteiger partial charge in [-0.2, -0.15) is 0 Å². The maximum atomic E-state index is 11.1. The summed E-state index contributed by atoms with van der Waals surface area (Å²) >= 11 is 0. The van der Waals surface area contributed by atoms with Gasteiger partial charge in [0, 0.05) is 13.5 Å². The Bertz CT molecular complexity index is 411. The molecule has 1 aromatic carbocycles. The van der Waals surface area contributed by atoms with E-state index in [-0.39, 0.29) is 11.9 Å². The second-order valence-corrected chi connectivity index (χ2v) is 4.97. The summed E-state index contributed by atoms with van der Waals surface area (Å²) in [6, 6.07) is 8.39. The highest BCUT2D eigenvalue weighted by molar-refractivity contribution is 5.72. The smallest absolute Gasteiger partial charge is 0.216 e. The first-order chi connectivity index (χ1) is 9.20. The van der Waals surface area contributed by atoms with Crippen LogP contribution in [0.2, 0.25) is 0 Å². The van der Waals surface area contributed by atoms with Gasteiger partial charge in [-0.15, -0.1) is 0 Å². The summed E-state index contributed by atoms with van der Waals surface area (Å²) in [5, 5.41) is 2.94. The summed E-state index contributed by atoms with van der Waals surface area (Å²) < 4.78 is 5.19. The van der Waals surface area contributed by atoms with E-state index in [0.29, 0.717) is 6.54 Å². The Kier molecular flexibility index (Phi) is 4.80. The average molecular weight is 262 g/mol. The summed E-state index contributed by atoms with van der Waals surface area (Å²) in [5.74, 6) is 0.890. The molecule has 1 heterocycles. The Balaban J connectivity index is 2.11. The van der Waals surface area contributed by atoms with Gasteiger partial charge in [-0.3, -0.25) is 9.69 Å². The number of rotatable bonds is 5. The van der Waals surface area contributed by atoms with Crippen molar-refractivity contribution in [1.82, 2.24) is 10.2 Å². The molecule has 0 aromatic heterocycles. The number of nitrogens with one attached hydrogen (secondary N) is 1. The van der Waals surface area contributed by atoms with Crippen LogP contribution in [0.5, 0.6) is 5.75 Å². The Morgan fingerprint density at radius 3 is 2.47 bits per heavy atom. The van der Waals surface area contributed by atoms with E-state index in [1.54, 1.807) is 14.0 Å². The van der Waals surface area contributed by atoms with Crippen LogP contribution in [0.15, 0.2) is 24.3 Å². The van der Waals surface area contributed by atoms with Crippen molar-refractivity contribution >= 4 is 5.91 Å². The van der Waals surface area contributed by atoms with Crippen LogP contribution < -0.4 is 10.1 Å². The molecule has 0 radical (unpaired) electrons. The van der Waals surface area contributed by atoms with Gasteiger partial charge in [0.15, 0.2) is 0 Å². The fourth-order valence-corrected chi connectivity index (χ4v) is 2.58. The molecule has 1 aromatic rings. The lowest BCUT2D eigenvalue weighted by Gasteiger charge is -2.28.